The van der Waals surface area contributed by atoms with E-state index >= 15 is 0 Å². The summed E-state index contributed by atoms with van der Waals surface area (Å²) in [5.74, 6) is 0.263. The van der Waals surface area contributed by atoms with Crippen molar-refractivity contribution < 1.29 is 31.1 Å². The lowest BCUT2D eigenvalue weighted by molar-refractivity contribution is 0.0557. The van der Waals surface area contributed by atoms with E-state index in [4.69, 9.17) is 9.47 Å². The fourth-order valence-corrected chi connectivity index (χ4v) is 6.38. The van der Waals surface area contributed by atoms with E-state index in [0.717, 1.165) is 0 Å². The van der Waals surface area contributed by atoms with Gasteiger partial charge in [0, 0.05) is 19.2 Å². The van der Waals surface area contributed by atoms with E-state index in [0.29, 0.717) is 32.4 Å². The first-order valence-corrected chi connectivity index (χ1v) is 11.8. The van der Waals surface area contributed by atoms with Gasteiger partial charge in [-0.25, -0.2) is 21.6 Å². The molecule has 0 aromatic heterocycles. The lowest BCUT2D eigenvalue weighted by Crippen LogP contribution is -2.42. The van der Waals surface area contributed by atoms with Gasteiger partial charge < -0.3 is 14.4 Å². The Kier molecular flexibility index (Phi) is 6.49. The van der Waals surface area contributed by atoms with Crippen molar-refractivity contribution in [2.24, 2.45) is 0 Å². The zero-order chi connectivity index (χ0) is 17.8. The highest BCUT2D eigenvalue weighted by atomic mass is 32.2. The maximum Gasteiger partial charge on any atom is 0.410 e. The quantitative estimate of drug-likeness (QED) is 0.579. The summed E-state index contributed by atoms with van der Waals surface area (Å²) in [4.78, 5) is 13.5. The molecular weight excluding hydrogens is 358 g/mol. The second kappa shape index (κ2) is 8.01. The van der Waals surface area contributed by atoms with Gasteiger partial charge in [-0.2, -0.15) is 0 Å². The Bertz CT molecular complexity index is 644. The summed E-state index contributed by atoms with van der Waals surface area (Å²) < 4.78 is 56.6. The number of carbonyl (C=O) groups excluding carboxylic acids is 1. The number of hydrogen-bond donors (Lipinski definition) is 0. The smallest absolute Gasteiger partial charge is 0.410 e. The molecule has 0 bridgehead atoms. The zero-order valence-electron chi connectivity index (χ0n) is 13.8. The van der Waals surface area contributed by atoms with Crippen LogP contribution >= 0.6 is 0 Å². The van der Waals surface area contributed by atoms with Gasteiger partial charge in [0.25, 0.3) is 0 Å². The van der Waals surface area contributed by atoms with Crippen molar-refractivity contribution in [2.45, 2.75) is 38.3 Å². The first-order chi connectivity index (χ1) is 11.2. The van der Waals surface area contributed by atoms with Crippen molar-refractivity contribution in [3.63, 3.8) is 0 Å². The van der Waals surface area contributed by atoms with Crippen LogP contribution < -0.4 is 0 Å². The fraction of sp³-hybridized carbons (Fsp3) is 0.929. The number of rotatable bonds is 7. The third-order valence-corrected chi connectivity index (χ3v) is 7.73. The Labute approximate surface area is 143 Å². The number of amides is 1. The minimum absolute atomic E-state index is 0.0342. The molecule has 0 saturated carbocycles. The van der Waals surface area contributed by atoms with Crippen molar-refractivity contribution in [1.82, 2.24) is 4.90 Å². The molecule has 0 radical (unpaired) electrons. The average molecular weight is 383 g/mol. The minimum Gasteiger partial charge on any atom is -0.450 e. The van der Waals surface area contributed by atoms with E-state index < -0.39 is 25.8 Å². The van der Waals surface area contributed by atoms with Crippen molar-refractivity contribution in [2.75, 3.05) is 42.8 Å². The largest absolute Gasteiger partial charge is 0.450 e. The molecule has 2 atom stereocenters. The predicted molar refractivity (Wildman–Crippen MR) is 88.4 cm³/mol. The van der Waals surface area contributed by atoms with Crippen molar-refractivity contribution in [3.05, 3.63) is 0 Å². The Morgan fingerprint density at radius 2 is 1.75 bits per heavy atom. The second-order valence-electron chi connectivity index (χ2n) is 6.20. The maximum absolute atomic E-state index is 12.1. The van der Waals surface area contributed by atoms with Gasteiger partial charge in [-0.05, 0) is 26.2 Å². The minimum atomic E-state index is -3.09. The van der Waals surface area contributed by atoms with E-state index in [1.165, 1.54) is 4.90 Å². The standard InChI is InChI=1S/C14H25NO7S2/c1-2-21-14(16)15(12-4-8-23(17,18)10-12)6-3-7-22-13-5-9-24(19,20)11-13/h12-13H,2-11H2,1H3. The SMILES string of the molecule is CCOC(=O)N(CCCOC1CCS(=O)(=O)C1)C1CCS(=O)(=O)C1. The van der Waals surface area contributed by atoms with Crippen molar-refractivity contribution in [3.8, 4) is 0 Å². The first kappa shape index (κ1) is 19.5. The summed E-state index contributed by atoms with van der Waals surface area (Å²) in [5.41, 5.74) is 0. The van der Waals surface area contributed by atoms with Crippen LogP contribution in [0, 0.1) is 0 Å². The van der Waals surface area contributed by atoms with Gasteiger partial charge in [0.1, 0.15) is 0 Å². The molecule has 10 heteroatoms. The molecule has 2 unspecified atom stereocenters. The number of ether oxygens (including phenoxy) is 2. The van der Waals surface area contributed by atoms with E-state index in [1.807, 2.05) is 0 Å². The molecule has 2 aliphatic heterocycles. The van der Waals surface area contributed by atoms with E-state index in [2.05, 4.69) is 0 Å². The van der Waals surface area contributed by atoms with Crippen LogP contribution in [0.25, 0.3) is 0 Å². The van der Waals surface area contributed by atoms with Crippen LogP contribution in [0.15, 0.2) is 0 Å². The lowest BCUT2D eigenvalue weighted by Gasteiger charge is -2.27. The van der Waals surface area contributed by atoms with Gasteiger partial charge in [0.2, 0.25) is 0 Å². The van der Waals surface area contributed by atoms with Gasteiger partial charge in [0.15, 0.2) is 19.7 Å². The molecule has 24 heavy (non-hydrogen) atoms. The highest BCUT2D eigenvalue weighted by Crippen LogP contribution is 2.19. The van der Waals surface area contributed by atoms with Crippen LogP contribution in [-0.2, 0) is 29.1 Å². The summed E-state index contributed by atoms with van der Waals surface area (Å²) >= 11 is 0. The Balaban J connectivity index is 1.81. The number of hydrogen-bond acceptors (Lipinski definition) is 7. The molecule has 1 amide bonds. The third kappa shape index (κ3) is 5.59. The van der Waals surface area contributed by atoms with E-state index in [-0.39, 0.29) is 41.8 Å². The molecule has 0 aliphatic carbocycles. The molecular formula is C14H25NO7S2. The maximum atomic E-state index is 12.1. The molecule has 2 fully saturated rings. The predicted octanol–water partition coefficient (Wildman–Crippen LogP) is 0.226. The molecule has 8 nitrogen and oxygen atoms in total. The molecule has 0 aromatic carbocycles. The van der Waals surface area contributed by atoms with E-state index in [1.54, 1.807) is 6.92 Å². The number of sulfone groups is 2. The van der Waals surface area contributed by atoms with Crippen LogP contribution in [0.1, 0.15) is 26.2 Å². The highest BCUT2D eigenvalue weighted by Gasteiger charge is 2.35. The fourth-order valence-electron chi connectivity index (χ4n) is 3.03. The van der Waals surface area contributed by atoms with E-state index in [9.17, 15) is 21.6 Å². The van der Waals surface area contributed by atoms with Gasteiger partial charge in [-0.1, -0.05) is 0 Å². The van der Waals surface area contributed by atoms with Crippen LogP contribution in [0.3, 0.4) is 0 Å². The highest BCUT2D eigenvalue weighted by molar-refractivity contribution is 7.91. The Morgan fingerprint density at radius 1 is 1.08 bits per heavy atom. The van der Waals surface area contributed by atoms with Gasteiger partial charge in [0.05, 0.1) is 35.7 Å². The molecule has 0 aromatic rings. The van der Waals surface area contributed by atoms with Crippen LogP contribution in [0.4, 0.5) is 4.79 Å². The molecule has 0 spiro atoms. The Morgan fingerprint density at radius 3 is 2.29 bits per heavy atom. The summed E-state index contributed by atoms with van der Waals surface area (Å²) in [6.07, 6.45) is 0.639. The number of nitrogens with zero attached hydrogens (tertiary/aromatic N) is 1. The summed E-state index contributed by atoms with van der Waals surface area (Å²) in [6.45, 7) is 2.59. The second-order valence-corrected chi connectivity index (χ2v) is 10.7. The Hall–Kier alpha value is -0.870. The van der Waals surface area contributed by atoms with Crippen LogP contribution in [0.2, 0.25) is 0 Å². The normalized spacial score (nSPS) is 27.9. The molecule has 140 valence electrons. The topological polar surface area (TPSA) is 107 Å². The van der Waals surface area contributed by atoms with Crippen molar-refractivity contribution in [1.29, 1.82) is 0 Å². The summed E-state index contributed by atoms with van der Waals surface area (Å²) in [7, 11) is -6.06. The molecule has 2 rings (SSSR count). The lowest BCUT2D eigenvalue weighted by atomic mass is 10.2. The molecule has 2 heterocycles. The average Bonchev–Trinajstić information content (AvgIpc) is 3.01. The van der Waals surface area contributed by atoms with Crippen LogP contribution in [0.5, 0.6) is 0 Å². The monoisotopic (exact) mass is 383 g/mol. The van der Waals surface area contributed by atoms with Crippen LogP contribution in [-0.4, -0.2) is 82.7 Å². The van der Waals surface area contributed by atoms with Gasteiger partial charge in [-0.3, -0.25) is 0 Å². The first-order valence-electron chi connectivity index (χ1n) is 8.18. The molecule has 2 aliphatic rings. The zero-order valence-corrected chi connectivity index (χ0v) is 15.5. The van der Waals surface area contributed by atoms with Gasteiger partial charge in [-0.15, -0.1) is 0 Å². The molecule has 2 saturated heterocycles. The molecule has 0 N–H and O–H groups in total. The summed E-state index contributed by atoms with van der Waals surface area (Å²) in [5, 5.41) is 0. The van der Waals surface area contributed by atoms with Gasteiger partial charge >= 0.3 is 6.09 Å². The third-order valence-electron chi connectivity index (χ3n) is 4.24. The summed E-state index contributed by atoms with van der Waals surface area (Å²) in [6, 6.07) is -0.360. The number of carbonyl (C=O) groups is 1. The van der Waals surface area contributed by atoms with Crippen molar-refractivity contribution >= 4 is 25.8 Å².